The Balaban J connectivity index is 2.23. The molecule has 9 heteroatoms. The van der Waals surface area contributed by atoms with Crippen molar-refractivity contribution in [3.8, 4) is 0 Å². The molecule has 0 radical (unpaired) electrons. The zero-order chi connectivity index (χ0) is 16.3. The van der Waals surface area contributed by atoms with Crippen LogP contribution in [0.2, 0.25) is 0 Å². The fourth-order valence-electron chi connectivity index (χ4n) is 1.79. The third-order valence-corrected chi connectivity index (χ3v) is 4.97. The topological polar surface area (TPSA) is 99.6 Å². The molecule has 0 aliphatic carbocycles. The van der Waals surface area contributed by atoms with E-state index in [-0.39, 0.29) is 15.6 Å². The smallest absolute Gasteiger partial charge is 0.357 e. The lowest BCUT2D eigenvalue weighted by atomic mass is 10.2. The Morgan fingerprint density at radius 1 is 1.32 bits per heavy atom. The van der Waals surface area contributed by atoms with Gasteiger partial charge in [-0.2, -0.15) is 0 Å². The Kier molecular flexibility index (Phi) is 4.79. The summed E-state index contributed by atoms with van der Waals surface area (Å²) in [7, 11) is -0.000868. The molecule has 0 saturated carbocycles. The van der Waals surface area contributed by atoms with Crippen molar-refractivity contribution in [3.05, 3.63) is 41.0 Å². The van der Waals surface area contributed by atoms with Gasteiger partial charge >= 0.3 is 5.97 Å². The number of carboxylic acids is 1. The molecule has 2 aromatic rings. The molecule has 2 N–H and O–H groups in total. The summed E-state index contributed by atoms with van der Waals surface area (Å²) in [6.07, 6.45) is 0. The molecule has 22 heavy (non-hydrogen) atoms. The first-order chi connectivity index (χ1) is 10.3. The van der Waals surface area contributed by atoms with Gasteiger partial charge in [-0.3, -0.25) is 4.72 Å². The van der Waals surface area contributed by atoms with Crippen molar-refractivity contribution in [1.29, 1.82) is 0 Å². The molecule has 2 rings (SSSR count). The van der Waals surface area contributed by atoms with E-state index in [1.807, 2.05) is 19.0 Å². The molecule has 0 atom stereocenters. The lowest BCUT2D eigenvalue weighted by molar-refractivity contribution is 0.0692. The van der Waals surface area contributed by atoms with Gasteiger partial charge in [0, 0.05) is 6.54 Å². The van der Waals surface area contributed by atoms with Gasteiger partial charge in [0.05, 0.1) is 10.4 Å². The molecule has 0 aliphatic heterocycles. The average molecular weight is 341 g/mol. The summed E-state index contributed by atoms with van der Waals surface area (Å²) in [5, 5.41) is 8.94. The maximum absolute atomic E-state index is 12.3. The highest BCUT2D eigenvalue weighted by Gasteiger charge is 2.20. The molecule has 118 valence electrons. The van der Waals surface area contributed by atoms with Crippen molar-refractivity contribution in [2.45, 2.75) is 11.4 Å². The summed E-state index contributed by atoms with van der Waals surface area (Å²) in [5.74, 6) is -1.28. The summed E-state index contributed by atoms with van der Waals surface area (Å²) in [4.78, 5) is 16.6. The summed E-state index contributed by atoms with van der Waals surface area (Å²) in [5.41, 5.74) is 1.95. The maximum atomic E-state index is 12.3. The van der Waals surface area contributed by atoms with Crippen molar-refractivity contribution in [1.82, 2.24) is 9.88 Å². The molecule has 0 fully saturated rings. The van der Waals surface area contributed by atoms with Crippen LogP contribution in [0.3, 0.4) is 0 Å². The van der Waals surface area contributed by atoms with Crippen molar-refractivity contribution in [2.75, 3.05) is 18.8 Å². The number of rotatable bonds is 6. The fourth-order valence-corrected chi connectivity index (χ4v) is 3.78. The number of nitrogens with zero attached hydrogens (tertiary/aromatic N) is 2. The Hall–Kier alpha value is -1.97. The van der Waals surface area contributed by atoms with Gasteiger partial charge in [-0.05, 0) is 31.8 Å². The number of anilines is 1. The monoisotopic (exact) mass is 341 g/mol. The number of carbonyl (C=O) groups is 1. The van der Waals surface area contributed by atoms with Gasteiger partial charge in [-0.15, -0.1) is 11.3 Å². The SMILES string of the molecule is CN(C)Cc1ccc(S(=O)(=O)Nc2scnc2C(=O)O)cc1. The third-order valence-electron chi connectivity index (χ3n) is 2.73. The number of carboxylic acid groups (broad SMARTS) is 1. The first kappa shape index (κ1) is 16.4. The van der Waals surface area contributed by atoms with E-state index in [9.17, 15) is 13.2 Å². The zero-order valence-corrected chi connectivity index (χ0v) is 13.6. The van der Waals surface area contributed by atoms with Crippen molar-refractivity contribution in [2.24, 2.45) is 0 Å². The number of thiazole rings is 1. The van der Waals surface area contributed by atoms with Crippen LogP contribution in [0.15, 0.2) is 34.7 Å². The number of sulfonamides is 1. The van der Waals surface area contributed by atoms with E-state index < -0.39 is 16.0 Å². The molecule has 0 saturated heterocycles. The minimum Gasteiger partial charge on any atom is -0.476 e. The molecule has 0 bridgehead atoms. The van der Waals surface area contributed by atoms with Crippen LogP contribution in [0.25, 0.3) is 0 Å². The van der Waals surface area contributed by atoms with E-state index in [4.69, 9.17) is 5.11 Å². The molecule has 1 aromatic heterocycles. The van der Waals surface area contributed by atoms with E-state index in [1.165, 1.54) is 17.6 Å². The van der Waals surface area contributed by atoms with Crippen LogP contribution in [0.1, 0.15) is 16.1 Å². The minimum absolute atomic E-state index is 0.00938. The van der Waals surface area contributed by atoms with E-state index in [0.717, 1.165) is 16.9 Å². The van der Waals surface area contributed by atoms with Gasteiger partial charge in [0.15, 0.2) is 5.69 Å². The van der Waals surface area contributed by atoms with Crippen LogP contribution >= 0.6 is 11.3 Å². The highest BCUT2D eigenvalue weighted by Crippen LogP contribution is 2.24. The van der Waals surface area contributed by atoms with Crippen molar-refractivity contribution in [3.63, 3.8) is 0 Å². The summed E-state index contributed by atoms with van der Waals surface area (Å²) < 4.78 is 26.8. The van der Waals surface area contributed by atoms with Gasteiger partial charge in [-0.25, -0.2) is 18.2 Å². The highest BCUT2D eigenvalue weighted by molar-refractivity contribution is 7.93. The molecule has 1 heterocycles. The van der Waals surface area contributed by atoms with E-state index in [1.54, 1.807) is 12.1 Å². The quantitative estimate of drug-likeness (QED) is 0.830. The zero-order valence-electron chi connectivity index (χ0n) is 12.0. The Morgan fingerprint density at radius 3 is 2.50 bits per heavy atom. The molecule has 0 amide bonds. The second-order valence-electron chi connectivity index (χ2n) is 4.82. The van der Waals surface area contributed by atoms with Gasteiger partial charge in [0.2, 0.25) is 0 Å². The Labute approximate surface area is 132 Å². The van der Waals surface area contributed by atoms with Gasteiger partial charge in [0.1, 0.15) is 5.00 Å². The van der Waals surface area contributed by atoms with Gasteiger partial charge in [-0.1, -0.05) is 12.1 Å². The molecular weight excluding hydrogens is 326 g/mol. The van der Waals surface area contributed by atoms with Crippen LogP contribution < -0.4 is 4.72 Å². The van der Waals surface area contributed by atoms with Crippen LogP contribution in [-0.4, -0.2) is 43.5 Å². The van der Waals surface area contributed by atoms with Crippen molar-refractivity contribution < 1.29 is 18.3 Å². The standard InChI is InChI=1S/C13H15N3O4S2/c1-16(2)7-9-3-5-10(6-4-9)22(19,20)15-12-11(13(17)18)14-8-21-12/h3-6,8,15H,7H2,1-2H3,(H,17,18). The lowest BCUT2D eigenvalue weighted by Crippen LogP contribution is -2.15. The van der Waals surface area contributed by atoms with E-state index in [0.29, 0.717) is 6.54 Å². The maximum Gasteiger partial charge on any atom is 0.357 e. The average Bonchev–Trinajstić information content (AvgIpc) is 2.86. The predicted molar refractivity (Wildman–Crippen MR) is 83.7 cm³/mol. The fraction of sp³-hybridized carbons (Fsp3) is 0.231. The van der Waals surface area contributed by atoms with Gasteiger partial charge < -0.3 is 10.0 Å². The van der Waals surface area contributed by atoms with E-state index >= 15 is 0 Å². The summed E-state index contributed by atoms with van der Waals surface area (Å²) >= 11 is 0.922. The van der Waals surface area contributed by atoms with E-state index in [2.05, 4.69) is 9.71 Å². The Bertz CT molecular complexity index is 767. The predicted octanol–water partition coefficient (Wildman–Crippen LogP) is 1.70. The normalized spacial score (nSPS) is 11.6. The van der Waals surface area contributed by atoms with Crippen molar-refractivity contribution >= 4 is 32.3 Å². The van der Waals surface area contributed by atoms with Crippen LogP contribution in [0.4, 0.5) is 5.00 Å². The molecule has 0 aliphatic rings. The second-order valence-corrected chi connectivity index (χ2v) is 7.36. The third kappa shape index (κ3) is 3.81. The number of aromatic nitrogens is 1. The van der Waals surface area contributed by atoms with Crippen LogP contribution in [0, 0.1) is 0 Å². The molecular formula is C13H15N3O4S2. The molecule has 0 unspecified atom stereocenters. The molecule has 1 aromatic carbocycles. The summed E-state index contributed by atoms with van der Waals surface area (Å²) in [6, 6.07) is 6.42. The number of nitrogens with one attached hydrogen (secondary N) is 1. The summed E-state index contributed by atoms with van der Waals surface area (Å²) in [6.45, 7) is 0.700. The molecule has 0 spiro atoms. The number of benzene rings is 1. The Morgan fingerprint density at radius 2 is 1.95 bits per heavy atom. The number of hydrogen-bond donors (Lipinski definition) is 2. The largest absolute Gasteiger partial charge is 0.476 e. The first-order valence-electron chi connectivity index (χ1n) is 6.23. The van der Waals surface area contributed by atoms with Crippen LogP contribution in [0.5, 0.6) is 0 Å². The number of hydrogen-bond acceptors (Lipinski definition) is 6. The molecule has 7 nitrogen and oxygen atoms in total. The van der Waals surface area contributed by atoms with Gasteiger partial charge in [0.25, 0.3) is 10.0 Å². The highest BCUT2D eigenvalue weighted by atomic mass is 32.2. The minimum atomic E-state index is -3.84. The first-order valence-corrected chi connectivity index (χ1v) is 8.59. The van der Waals surface area contributed by atoms with Crippen LogP contribution in [-0.2, 0) is 16.6 Å². The number of aromatic carboxylic acids is 1. The second kappa shape index (κ2) is 6.42. The lowest BCUT2D eigenvalue weighted by Gasteiger charge is -2.11.